The Bertz CT molecular complexity index is 1070. The molecule has 0 saturated heterocycles. The molecule has 4 rings (SSSR count). The molecule has 1 aromatic rings. The van der Waals surface area contributed by atoms with Crippen LogP contribution in [0.25, 0.3) is 0 Å². The minimum absolute atomic E-state index is 0.0857. The number of urea groups is 1. The van der Waals surface area contributed by atoms with E-state index in [1.54, 1.807) is 31.3 Å². The zero-order valence-corrected chi connectivity index (χ0v) is 20.6. The molecule has 180 valence electrons. The number of amidine groups is 2. The predicted molar refractivity (Wildman–Crippen MR) is 133 cm³/mol. The van der Waals surface area contributed by atoms with Gasteiger partial charge in [-0.1, -0.05) is 36.0 Å². The molecule has 1 saturated carbocycles. The number of imide groups is 1. The van der Waals surface area contributed by atoms with Crippen molar-refractivity contribution in [3.63, 3.8) is 0 Å². The molecule has 1 aromatic carbocycles. The van der Waals surface area contributed by atoms with Crippen molar-refractivity contribution in [3.05, 3.63) is 24.3 Å². The molecule has 0 radical (unpaired) electrons. The summed E-state index contributed by atoms with van der Waals surface area (Å²) in [6.07, 6.45) is 5.40. The molecule has 34 heavy (non-hydrogen) atoms. The molecule has 1 N–H and O–H groups in total. The SMILES string of the molecule is CCOc1ccc(NC(=O)CSC2=NC(C3CCCCC3)=NC3=[N+](C)C(=O)N(C)C(=O)C23)cc1. The minimum atomic E-state index is -0.775. The molecule has 0 aromatic heterocycles. The van der Waals surface area contributed by atoms with Gasteiger partial charge in [0, 0.05) is 11.6 Å². The van der Waals surface area contributed by atoms with Crippen molar-refractivity contribution in [1.29, 1.82) is 0 Å². The topological polar surface area (TPSA) is 103 Å². The Kier molecular flexibility index (Phi) is 7.45. The maximum Gasteiger partial charge on any atom is 0.445 e. The second kappa shape index (κ2) is 10.5. The number of hydrogen-bond acceptors (Lipinski definition) is 7. The van der Waals surface area contributed by atoms with Gasteiger partial charge in [0.1, 0.15) is 10.8 Å². The summed E-state index contributed by atoms with van der Waals surface area (Å²) >= 11 is 1.22. The maximum absolute atomic E-state index is 13.0. The van der Waals surface area contributed by atoms with E-state index in [9.17, 15) is 14.4 Å². The third-order valence-electron chi connectivity index (χ3n) is 6.22. The van der Waals surface area contributed by atoms with Crippen LogP contribution in [-0.4, -0.2) is 70.5 Å². The molecule has 1 aliphatic carbocycles. The fourth-order valence-electron chi connectivity index (χ4n) is 4.39. The summed E-state index contributed by atoms with van der Waals surface area (Å²) in [6, 6.07) is 6.75. The van der Waals surface area contributed by atoms with Crippen molar-refractivity contribution in [2.75, 3.05) is 31.8 Å². The predicted octanol–water partition coefficient (Wildman–Crippen LogP) is 3.40. The summed E-state index contributed by atoms with van der Waals surface area (Å²) in [6.45, 7) is 2.49. The molecule has 3 aliphatic rings. The van der Waals surface area contributed by atoms with E-state index in [0.29, 0.717) is 29.0 Å². The van der Waals surface area contributed by atoms with E-state index in [4.69, 9.17) is 9.73 Å². The lowest BCUT2D eigenvalue weighted by Gasteiger charge is -2.28. The lowest BCUT2D eigenvalue weighted by molar-refractivity contribution is -0.407. The number of rotatable bonds is 6. The van der Waals surface area contributed by atoms with Gasteiger partial charge in [0.05, 0.1) is 26.5 Å². The largest absolute Gasteiger partial charge is 0.494 e. The van der Waals surface area contributed by atoms with Gasteiger partial charge in [0.25, 0.3) is 5.84 Å². The number of ether oxygens (including phenoxy) is 1. The first kappa shape index (κ1) is 24.1. The Hall–Kier alpha value is -3.01. The fourth-order valence-corrected chi connectivity index (χ4v) is 5.27. The summed E-state index contributed by atoms with van der Waals surface area (Å²) in [5.41, 5.74) is 0.662. The smallest absolute Gasteiger partial charge is 0.445 e. The van der Waals surface area contributed by atoms with Gasteiger partial charge in [-0.05, 0) is 44.0 Å². The number of anilines is 1. The highest BCUT2D eigenvalue weighted by Gasteiger charge is 2.49. The third kappa shape index (κ3) is 5.06. The second-order valence-corrected chi connectivity index (χ2v) is 9.57. The van der Waals surface area contributed by atoms with Gasteiger partial charge < -0.3 is 10.1 Å². The molecule has 0 bridgehead atoms. The number of hydrogen-bond donors (Lipinski definition) is 1. The van der Waals surface area contributed by atoms with Crippen molar-refractivity contribution in [3.8, 4) is 5.75 Å². The molecule has 2 heterocycles. The van der Waals surface area contributed by atoms with Crippen LogP contribution in [0.15, 0.2) is 34.3 Å². The Labute approximate surface area is 203 Å². The van der Waals surface area contributed by atoms with Gasteiger partial charge in [-0.15, -0.1) is 0 Å². The Morgan fingerprint density at radius 2 is 1.88 bits per heavy atom. The van der Waals surface area contributed by atoms with Crippen LogP contribution in [0.4, 0.5) is 10.5 Å². The van der Waals surface area contributed by atoms with Crippen LogP contribution in [0.3, 0.4) is 0 Å². The van der Waals surface area contributed by atoms with E-state index in [1.807, 2.05) is 6.92 Å². The Morgan fingerprint density at radius 1 is 1.18 bits per heavy atom. The highest BCUT2D eigenvalue weighted by Crippen LogP contribution is 2.31. The molecule has 1 atom stereocenters. The first-order chi connectivity index (χ1) is 16.4. The normalized spacial score (nSPS) is 21.1. The number of benzene rings is 1. The number of carbonyl (C=O) groups excluding carboxylic acids is 3. The van der Waals surface area contributed by atoms with Crippen molar-refractivity contribution < 1.29 is 23.7 Å². The van der Waals surface area contributed by atoms with Crippen molar-refractivity contribution >= 4 is 52.0 Å². The lowest BCUT2D eigenvalue weighted by atomic mass is 9.88. The van der Waals surface area contributed by atoms with Crippen LogP contribution in [0.1, 0.15) is 39.0 Å². The van der Waals surface area contributed by atoms with Gasteiger partial charge in [0.15, 0.2) is 5.92 Å². The molecule has 1 fully saturated rings. The van der Waals surface area contributed by atoms with Crippen molar-refractivity contribution in [2.45, 2.75) is 39.0 Å². The van der Waals surface area contributed by atoms with Gasteiger partial charge >= 0.3 is 11.9 Å². The standard InChI is InChI=1S/C24H29N5O4S/c1-4-33-17-12-10-16(11-13-17)25-18(30)14-34-22-19-21(28(2)24(32)29(3)23(19)31)26-20(27-22)15-8-6-5-7-9-15/h10-13,15,19H,4-9,14H2,1-3H3/p+1. The number of nitrogens with one attached hydrogen (secondary N) is 1. The quantitative estimate of drug-likeness (QED) is 0.624. The first-order valence-electron chi connectivity index (χ1n) is 11.6. The van der Waals surface area contributed by atoms with Gasteiger partial charge in [-0.3, -0.25) is 9.59 Å². The molecule has 0 spiro atoms. The zero-order valence-electron chi connectivity index (χ0n) is 19.7. The van der Waals surface area contributed by atoms with E-state index < -0.39 is 11.9 Å². The first-order valence-corrected chi connectivity index (χ1v) is 12.6. The van der Waals surface area contributed by atoms with Crippen LogP contribution in [0, 0.1) is 11.8 Å². The molecular formula is C24H30N5O4S+. The Morgan fingerprint density at radius 3 is 2.56 bits per heavy atom. The van der Waals surface area contributed by atoms with Crippen LogP contribution in [0.5, 0.6) is 5.75 Å². The van der Waals surface area contributed by atoms with Crippen molar-refractivity contribution in [2.24, 2.45) is 21.8 Å². The third-order valence-corrected chi connectivity index (χ3v) is 7.25. The number of aliphatic imine (C=N–C) groups is 2. The van der Waals surface area contributed by atoms with E-state index in [0.717, 1.165) is 36.3 Å². The number of fused-ring (bicyclic) bond motifs is 1. The summed E-state index contributed by atoms with van der Waals surface area (Å²) in [5, 5.41) is 3.38. The minimum Gasteiger partial charge on any atom is -0.494 e. The Balaban J connectivity index is 1.52. The van der Waals surface area contributed by atoms with E-state index in [2.05, 4.69) is 10.3 Å². The average Bonchev–Trinajstić information content (AvgIpc) is 2.86. The van der Waals surface area contributed by atoms with E-state index in [-0.39, 0.29) is 23.5 Å². The highest BCUT2D eigenvalue weighted by atomic mass is 32.2. The number of amides is 4. The molecule has 4 amide bonds. The summed E-state index contributed by atoms with van der Waals surface area (Å²) in [4.78, 5) is 48.8. The maximum atomic E-state index is 13.0. The fraction of sp³-hybridized carbons (Fsp3) is 0.500. The average molecular weight is 485 g/mol. The highest BCUT2D eigenvalue weighted by molar-refractivity contribution is 8.14. The van der Waals surface area contributed by atoms with E-state index in [1.165, 1.54) is 29.8 Å². The van der Waals surface area contributed by atoms with E-state index >= 15 is 0 Å². The molecule has 1 unspecified atom stereocenters. The summed E-state index contributed by atoms with van der Waals surface area (Å²) in [5.74, 6) is 0.738. The lowest BCUT2D eigenvalue weighted by Crippen LogP contribution is -2.55. The summed E-state index contributed by atoms with van der Waals surface area (Å²) in [7, 11) is 3.08. The molecular weight excluding hydrogens is 454 g/mol. The monoisotopic (exact) mass is 484 g/mol. The van der Waals surface area contributed by atoms with Gasteiger partial charge in [0.2, 0.25) is 11.7 Å². The number of nitrogens with zero attached hydrogens (tertiary/aromatic N) is 4. The van der Waals surface area contributed by atoms with Crippen LogP contribution >= 0.6 is 11.8 Å². The molecule has 9 nitrogen and oxygen atoms in total. The molecule has 10 heteroatoms. The summed E-state index contributed by atoms with van der Waals surface area (Å²) < 4.78 is 6.85. The van der Waals surface area contributed by atoms with Crippen LogP contribution in [0.2, 0.25) is 0 Å². The van der Waals surface area contributed by atoms with Crippen LogP contribution in [-0.2, 0) is 9.59 Å². The van der Waals surface area contributed by atoms with Gasteiger partial charge in [-0.25, -0.2) is 9.79 Å². The number of thioether (sulfide) groups is 1. The number of carbonyl (C=O) groups is 3. The van der Waals surface area contributed by atoms with Crippen LogP contribution < -0.4 is 10.1 Å². The second-order valence-electron chi connectivity index (χ2n) is 8.58. The van der Waals surface area contributed by atoms with Crippen molar-refractivity contribution in [1.82, 2.24) is 4.90 Å². The molecule has 2 aliphatic heterocycles. The zero-order chi connectivity index (χ0) is 24.2. The van der Waals surface area contributed by atoms with Gasteiger partial charge in [-0.2, -0.15) is 9.48 Å².